The van der Waals surface area contributed by atoms with Gasteiger partial charge in [0.05, 0.1) is 11.8 Å². The van der Waals surface area contributed by atoms with Crippen LogP contribution in [0.4, 0.5) is 0 Å². The number of nitrogens with zero attached hydrogens (tertiary/aromatic N) is 1. The number of amides is 1. The summed E-state index contributed by atoms with van der Waals surface area (Å²) in [5.74, 6) is 1.15. The van der Waals surface area contributed by atoms with Crippen LogP contribution < -0.4 is 0 Å². The van der Waals surface area contributed by atoms with Gasteiger partial charge in [-0.05, 0) is 19.4 Å². The van der Waals surface area contributed by atoms with E-state index in [0.717, 1.165) is 19.4 Å². The first-order chi connectivity index (χ1) is 7.70. The molecule has 0 aliphatic carbocycles. The number of halogens is 1. The van der Waals surface area contributed by atoms with Crippen molar-refractivity contribution < 1.29 is 9.21 Å². The molecule has 0 fully saturated rings. The number of furan rings is 1. The molecule has 1 aromatic rings. The predicted molar refractivity (Wildman–Crippen MR) is 65.0 cm³/mol. The summed E-state index contributed by atoms with van der Waals surface area (Å²) in [4.78, 5) is 13.9. The van der Waals surface area contributed by atoms with Gasteiger partial charge in [-0.3, -0.25) is 4.79 Å². The van der Waals surface area contributed by atoms with Crippen LogP contribution in [-0.2, 0) is 0 Å². The molecule has 0 atom stereocenters. The largest absolute Gasteiger partial charge is 0.469 e. The monoisotopic (exact) mass is 243 g/mol. The Morgan fingerprint density at radius 3 is 2.75 bits per heavy atom. The second-order valence-electron chi connectivity index (χ2n) is 3.73. The molecule has 0 N–H and O–H groups in total. The lowest BCUT2D eigenvalue weighted by atomic mass is 10.2. The lowest BCUT2D eigenvalue weighted by Crippen LogP contribution is -2.33. The highest BCUT2D eigenvalue weighted by molar-refractivity contribution is 6.18. The summed E-state index contributed by atoms with van der Waals surface area (Å²) in [6.07, 6.45) is 3.61. The van der Waals surface area contributed by atoms with Gasteiger partial charge in [0.25, 0.3) is 5.91 Å². The third-order valence-corrected chi connectivity index (χ3v) is 2.68. The number of hydrogen-bond donors (Lipinski definition) is 0. The molecule has 1 aromatic heterocycles. The quantitative estimate of drug-likeness (QED) is 0.720. The first-order valence-corrected chi connectivity index (χ1v) is 6.13. The summed E-state index contributed by atoms with van der Waals surface area (Å²) in [5.41, 5.74) is 0.640. The van der Waals surface area contributed by atoms with E-state index < -0.39 is 0 Å². The first-order valence-electron chi connectivity index (χ1n) is 5.60. The number of aryl methyl sites for hydroxylation is 1. The van der Waals surface area contributed by atoms with E-state index in [4.69, 9.17) is 16.0 Å². The van der Waals surface area contributed by atoms with Gasteiger partial charge >= 0.3 is 0 Å². The molecule has 1 amide bonds. The van der Waals surface area contributed by atoms with Crippen LogP contribution in [0.3, 0.4) is 0 Å². The molecule has 0 unspecified atom stereocenters. The fraction of sp³-hybridized carbons (Fsp3) is 0.583. The molecule has 0 bridgehead atoms. The second kappa shape index (κ2) is 6.59. The molecule has 0 spiro atoms. The van der Waals surface area contributed by atoms with Gasteiger partial charge < -0.3 is 9.32 Å². The molecule has 16 heavy (non-hydrogen) atoms. The van der Waals surface area contributed by atoms with Crippen LogP contribution in [0.5, 0.6) is 0 Å². The SMILES string of the molecule is CCCCN(CCCl)C(=O)c1ccoc1C. The van der Waals surface area contributed by atoms with Crippen LogP contribution in [0.1, 0.15) is 35.9 Å². The van der Waals surface area contributed by atoms with E-state index in [1.165, 1.54) is 0 Å². The zero-order valence-corrected chi connectivity index (χ0v) is 10.6. The van der Waals surface area contributed by atoms with Gasteiger partial charge in [0, 0.05) is 19.0 Å². The molecule has 0 radical (unpaired) electrons. The van der Waals surface area contributed by atoms with Crippen LogP contribution in [0, 0.1) is 6.92 Å². The molecule has 1 heterocycles. The number of rotatable bonds is 6. The highest BCUT2D eigenvalue weighted by Gasteiger charge is 2.18. The molecule has 0 aromatic carbocycles. The number of carbonyl (C=O) groups excluding carboxylic acids is 1. The smallest absolute Gasteiger partial charge is 0.257 e. The summed E-state index contributed by atoms with van der Waals surface area (Å²) < 4.78 is 5.14. The summed E-state index contributed by atoms with van der Waals surface area (Å²) in [7, 11) is 0. The van der Waals surface area contributed by atoms with E-state index in [2.05, 4.69) is 6.92 Å². The molecular weight excluding hydrogens is 226 g/mol. The maximum Gasteiger partial charge on any atom is 0.257 e. The standard InChI is InChI=1S/C12H18ClNO2/c1-3-4-7-14(8-6-13)12(15)11-5-9-16-10(11)2/h5,9H,3-4,6-8H2,1-2H3. The molecule has 1 rings (SSSR count). The average Bonchev–Trinajstić information content (AvgIpc) is 2.69. The minimum absolute atomic E-state index is 0.0142. The number of alkyl halides is 1. The van der Waals surface area contributed by atoms with Crippen LogP contribution in [0.15, 0.2) is 16.7 Å². The van der Waals surface area contributed by atoms with E-state index in [1.807, 2.05) is 0 Å². The van der Waals surface area contributed by atoms with Crippen molar-refractivity contribution in [3.05, 3.63) is 23.7 Å². The molecule has 3 nitrogen and oxygen atoms in total. The lowest BCUT2D eigenvalue weighted by molar-refractivity contribution is 0.0761. The van der Waals surface area contributed by atoms with Crippen LogP contribution in [-0.4, -0.2) is 29.8 Å². The summed E-state index contributed by atoms with van der Waals surface area (Å²) >= 11 is 5.70. The van der Waals surface area contributed by atoms with Crippen molar-refractivity contribution in [1.29, 1.82) is 0 Å². The van der Waals surface area contributed by atoms with Crippen molar-refractivity contribution in [3.63, 3.8) is 0 Å². The molecule has 0 saturated carbocycles. The Morgan fingerprint density at radius 2 is 2.25 bits per heavy atom. The average molecular weight is 244 g/mol. The maximum atomic E-state index is 12.1. The summed E-state index contributed by atoms with van der Waals surface area (Å²) in [5, 5.41) is 0. The fourth-order valence-corrected chi connectivity index (χ4v) is 1.75. The van der Waals surface area contributed by atoms with Crippen molar-refractivity contribution in [2.75, 3.05) is 19.0 Å². The van der Waals surface area contributed by atoms with Crippen LogP contribution >= 0.6 is 11.6 Å². The van der Waals surface area contributed by atoms with Crippen molar-refractivity contribution >= 4 is 17.5 Å². The minimum Gasteiger partial charge on any atom is -0.469 e. The van der Waals surface area contributed by atoms with E-state index >= 15 is 0 Å². The zero-order chi connectivity index (χ0) is 12.0. The van der Waals surface area contributed by atoms with Crippen molar-refractivity contribution in [3.8, 4) is 0 Å². The molecular formula is C12H18ClNO2. The number of carbonyl (C=O) groups is 1. The maximum absolute atomic E-state index is 12.1. The van der Waals surface area contributed by atoms with Gasteiger partial charge in [0.1, 0.15) is 5.76 Å². The Kier molecular flexibility index (Phi) is 5.39. The van der Waals surface area contributed by atoms with Gasteiger partial charge in [-0.15, -0.1) is 11.6 Å². The van der Waals surface area contributed by atoms with Gasteiger partial charge in [-0.25, -0.2) is 0 Å². The molecule has 0 saturated heterocycles. The minimum atomic E-state index is 0.0142. The lowest BCUT2D eigenvalue weighted by Gasteiger charge is -2.21. The first kappa shape index (κ1) is 13.1. The Morgan fingerprint density at radius 1 is 1.50 bits per heavy atom. The van der Waals surface area contributed by atoms with Crippen LogP contribution in [0.25, 0.3) is 0 Å². The second-order valence-corrected chi connectivity index (χ2v) is 4.10. The van der Waals surface area contributed by atoms with Gasteiger partial charge in [0.2, 0.25) is 0 Å². The Labute approximate surface area is 101 Å². The van der Waals surface area contributed by atoms with Crippen molar-refractivity contribution in [2.24, 2.45) is 0 Å². The molecule has 0 aliphatic rings. The highest BCUT2D eigenvalue weighted by atomic mass is 35.5. The molecule has 90 valence electrons. The fourth-order valence-electron chi connectivity index (χ4n) is 1.54. The number of hydrogen-bond acceptors (Lipinski definition) is 2. The van der Waals surface area contributed by atoms with Crippen molar-refractivity contribution in [1.82, 2.24) is 4.90 Å². The Balaban J connectivity index is 2.70. The van der Waals surface area contributed by atoms with Crippen molar-refractivity contribution in [2.45, 2.75) is 26.7 Å². The third-order valence-electron chi connectivity index (χ3n) is 2.51. The van der Waals surface area contributed by atoms with E-state index in [0.29, 0.717) is 23.7 Å². The normalized spacial score (nSPS) is 10.4. The Bertz CT molecular complexity index is 336. The van der Waals surface area contributed by atoms with Crippen LogP contribution in [0.2, 0.25) is 0 Å². The van der Waals surface area contributed by atoms with Gasteiger partial charge in [-0.1, -0.05) is 13.3 Å². The van der Waals surface area contributed by atoms with E-state index in [1.54, 1.807) is 24.2 Å². The van der Waals surface area contributed by atoms with E-state index in [9.17, 15) is 4.79 Å². The highest BCUT2D eigenvalue weighted by Crippen LogP contribution is 2.12. The van der Waals surface area contributed by atoms with Gasteiger partial charge in [0.15, 0.2) is 0 Å². The zero-order valence-electron chi connectivity index (χ0n) is 9.83. The third kappa shape index (κ3) is 3.27. The summed E-state index contributed by atoms with van der Waals surface area (Å²) in [6, 6.07) is 1.71. The van der Waals surface area contributed by atoms with Gasteiger partial charge in [-0.2, -0.15) is 0 Å². The predicted octanol–water partition coefficient (Wildman–Crippen LogP) is 3.07. The van der Waals surface area contributed by atoms with E-state index in [-0.39, 0.29) is 5.91 Å². The molecule has 0 aliphatic heterocycles. The molecule has 4 heteroatoms. The summed E-state index contributed by atoms with van der Waals surface area (Å²) in [6.45, 7) is 5.25. The topological polar surface area (TPSA) is 33.5 Å². The number of unbranched alkanes of at least 4 members (excludes halogenated alkanes) is 1. The Hall–Kier alpha value is -0.960.